The molecule has 0 amide bonds. The summed E-state index contributed by atoms with van der Waals surface area (Å²) in [4.78, 5) is 12.8. The molecule has 0 aliphatic carbocycles. The first kappa shape index (κ1) is 16.5. The van der Waals surface area contributed by atoms with Gasteiger partial charge in [0.25, 0.3) is 0 Å². The minimum absolute atomic E-state index is 0.0221. The van der Waals surface area contributed by atoms with E-state index in [1.54, 1.807) is 6.07 Å². The van der Waals surface area contributed by atoms with E-state index in [2.05, 4.69) is 29.8 Å². The molecule has 112 valence electrons. The molecular formula is C16H16BrClO2S. The molecular weight excluding hydrogens is 372 g/mol. The zero-order chi connectivity index (χ0) is 15.6. The van der Waals surface area contributed by atoms with Crippen molar-refractivity contribution < 1.29 is 9.53 Å². The van der Waals surface area contributed by atoms with Crippen LogP contribution in [0, 0.1) is 6.92 Å². The molecule has 0 unspecified atom stereocenters. The first-order valence-electron chi connectivity index (χ1n) is 6.60. The van der Waals surface area contributed by atoms with E-state index in [9.17, 15) is 4.79 Å². The van der Waals surface area contributed by atoms with Gasteiger partial charge in [0, 0.05) is 5.02 Å². The Morgan fingerprint density at radius 2 is 2.10 bits per heavy atom. The van der Waals surface area contributed by atoms with Crippen molar-refractivity contribution in [2.45, 2.75) is 26.7 Å². The number of carbonyl (C=O) groups is 1. The summed E-state index contributed by atoms with van der Waals surface area (Å²) in [5.74, 6) is 1.00. The molecule has 2 nitrogen and oxygen atoms in total. The molecule has 0 aliphatic rings. The van der Waals surface area contributed by atoms with Gasteiger partial charge in [-0.25, -0.2) is 0 Å². The summed E-state index contributed by atoms with van der Waals surface area (Å²) in [6.45, 7) is 6.12. The second kappa shape index (κ2) is 6.95. The zero-order valence-electron chi connectivity index (χ0n) is 12.1. The summed E-state index contributed by atoms with van der Waals surface area (Å²) in [6.07, 6.45) is 0. The maximum absolute atomic E-state index is 12.1. The number of hydrogen-bond acceptors (Lipinski definition) is 3. The largest absolute Gasteiger partial charge is 0.485 e. The van der Waals surface area contributed by atoms with Gasteiger partial charge in [0.15, 0.2) is 6.61 Å². The summed E-state index contributed by atoms with van der Waals surface area (Å²) in [7, 11) is 0. The maximum Gasteiger partial charge on any atom is 0.210 e. The van der Waals surface area contributed by atoms with E-state index in [0.717, 1.165) is 19.9 Å². The molecule has 1 aromatic carbocycles. The van der Waals surface area contributed by atoms with Gasteiger partial charge in [-0.3, -0.25) is 4.79 Å². The second-order valence-corrected chi connectivity index (χ2v) is 7.98. The predicted octanol–water partition coefficient (Wildman–Crippen LogP) is 5.86. The average molecular weight is 388 g/mol. The van der Waals surface area contributed by atoms with Crippen LogP contribution in [0.15, 0.2) is 28.1 Å². The van der Waals surface area contributed by atoms with Crippen molar-refractivity contribution in [3.63, 3.8) is 0 Å². The minimum atomic E-state index is -0.0221. The number of ketones is 1. The molecule has 21 heavy (non-hydrogen) atoms. The Morgan fingerprint density at radius 3 is 2.67 bits per heavy atom. The number of aryl methyl sites for hydroxylation is 1. The fourth-order valence-corrected chi connectivity index (χ4v) is 3.69. The molecule has 0 atom stereocenters. The molecule has 0 spiro atoms. The molecule has 2 aromatic rings. The molecule has 5 heteroatoms. The Kier molecular flexibility index (Phi) is 5.47. The topological polar surface area (TPSA) is 26.3 Å². The van der Waals surface area contributed by atoms with Crippen LogP contribution in [-0.4, -0.2) is 12.4 Å². The van der Waals surface area contributed by atoms with Gasteiger partial charge in [-0.05, 0) is 64.2 Å². The number of halogens is 2. The van der Waals surface area contributed by atoms with Crippen LogP contribution in [0.1, 0.15) is 40.6 Å². The fourth-order valence-electron chi connectivity index (χ4n) is 1.95. The molecule has 0 fully saturated rings. The van der Waals surface area contributed by atoms with Crippen LogP contribution in [0.25, 0.3) is 0 Å². The van der Waals surface area contributed by atoms with Gasteiger partial charge in [-0.1, -0.05) is 25.4 Å². The lowest BCUT2D eigenvalue weighted by molar-refractivity contribution is 0.0925. The quantitative estimate of drug-likeness (QED) is 0.601. The van der Waals surface area contributed by atoms with Crippen molar-refractivity contribution in [1.29, 1.82) is 0 Å². The molecule has 1 aromatic heterocycles. The van der Waals surface area contributed by atoms with Crippen molar-refractivity contribution in [1.82, 2.24) is 0 Å². The summed E-state index contributed by atoms with van der Waals surface area (Å²) in [5.41, 5.74) is 1.97. The number of carbonyl (C=O) groups excluding carboxylic acids is 1. The van der Waals surface area contributed by atoms with Crippen molar-refractivity contribution in [3.05, 3.63) is 49.1 Å². The van der Waals surface area contributed by atoms with Crippen LogP contribution < -0.4 is 4.74 Å². The van der Waals surface area contributed by atoms with E-state index >= 15 is 0 Å². The van der Waals surface area contributed by atoms with Gasteiger partial charge in [0.05, 0.1) is 8.66 Å². The number of thiophene rings is 1. The monoisotopic (exact) mass is 386 g/mol. The summed E-state index contributed by atoms with van der Waals surface area (Å²) in [5, 5.41) is 0.739. The van der Waals surface area contributed by atoms with Gasteiger partial charge in [0.2, 0.25) is 5.78 Å². The van der Waals surface area contributed by atoms with E-state index < -0.39 is 0 Å². The molecule has 0 bridgehead atoms. The summed E-state index contributed by atoms with van der Waals surface area (Å²) in [6, 6.07) is 7.48. The SMILES string of the molecule is Cc1cc(Cl)c(C(C)C)cc1OCC(=O)c1ccc(Br)s1. The van der Waals surface area contributed by atoms with E-state index in [-0.39, 0.29) is 12.4 Å². The third kappa shape index (κ3) is 4.09. The Balaban J connectivity index is 2.13. The van der Waals surface area contributed by atoms with E-state index in [1.165, 1.54) is 11.3 Å². The Hall–Kier alpha value is -0.840. The third-order valence-electron chi connectivity index (χ3n) is 3.12. The lowest BCUT2D eigenvalue weighted by Gasteiger charge is -2.14. The first-order valence-corrected chi connectivity index (χ1v) is 8.58. The highest BCUT2D eigenvalue weighted by Crippen LogP contribution is 2.31. The van der Waals surface area contributed by atoms with Crippen LogP contribution in [0.5, 0.6) is 5.75 Å². The highest BCUT2D eigenvalue weighted by Gasteiger charge is 2.13. The summed E-state index contributed by atoms with van der Waals surface area (Å²) >= 11 is 11.0. The Bertz CT molecular complexity index is 664. The number of Topliss-reactive ketones (excluding diaryl/α,β-unsaturated/α-hetero) is 1. The van der Waals surface area contributed by atoms with Crippen LogP contribution in [0.3, 0.4) is 0 Å². The standard InChI is InChI=1S/C16H16BrClO2S/c1-9(2)11-7-14(10(3)6-12(11)18)20-8-13(19)15-4-5-16(17)21-15/h4-7,9H,8H2,1-3H3. The highest BCUT2D eigenvalue weighted by molar-refractivity contribution is 9.11. The second-order valence-electron chi connectivity index (χ2n) is 5.11. The fraction of sp³-hybridized carbons (Fsp3) is 0.312. The number of hydrogen-bond donors (Lipinski definition) is 0. The number of ether oxygens (including phenoxy) is 1. The Morgan fingerprint density at radius 1 is 1.38 bits per heavy atom. The van der Waals surface area contributed by atoms with Crippen LogP contribution in [0.4, 0.5) is 0 Å². The lowest BCUT2D eigenvalue weighted by Crippen LogP contribution is -2.11. The average Bonchev–Trinajstić information content (AvgIpc) is 2.83. The molecule has 0 aliphatic heterocycles. The van der Waals surface area contributed by atoms with Crippen molar-refractivity contribution in [2.75, 3.05) is 6.61 Å². The number of benzene rings is 1. The van der Waals surface area contributed by atoms with Crippen molar-refractivity contribution >= 4 is 44.7 Å². The molecule has 2 rings (SSSR count). The molecule has 0 radical (unpaired) electrons. The van der Waals surface area contributed by atoms with Gasteiger partial charge >= 0.3 is 0 Å². The van der Waals surface area contributed by atoms with Gasteiger partial charge in [0.1, 0.15) is 5.75 Å². The normalized spacial score (nSPS) is 11.0. The smallest absolute Gasteiger partial charge is 0.210 e. The van der Waals surface area contributed by atoms with Crippen molar-refractivity contribution in [3.8, 4) is 5.75 Å². The maximum atomic E-state index is 12.1. The summed E-state index contributed by atoms with van der Waals surface area (Å²) < 4.78 is 6.63. The zero-order valence-corrected chi connectivity index (χ0v) is 15.2. The number of rotatable bonds is 5. The first-order chi connectivity index (χ1) is 9.88. The van der Waals surface area contributed by atoms with Gasteiger partial charge in [-0.2, -0.15) is 0 Å². The van der Waals surface area contributed by atoms with E-state index in [4.69, 9.17) is 16.3 Å². The van der Waals surface area contributed by atoms with E-state index in [1.807, 2.05) is 25.1 Å². The minimum Gasteiger partial charge on any atom is -0.485 e. The van der Waals surface area contributed by atoms with Gasteiger partial charge < -0.3 is 4.74 Å². The molecule has 0 saturated carbocycles. The third-order valence-corrected chi connectivity index (χ3v) is 5.12. The highest BCUT2D eigenvalue weighted by atomic mass is 79.9. The van der Waals surface area contributed by atoms with Crippen LogP contribution >= 0.6 is 38.9 Å². The van der Waals surface area contributed by atoms with Crippen LogP contribution in [-0.2, 0) is 0 Å². The molecule has 1 heterocycles. The van der Waals surface area contributed by atoms with Gasteiger partial charge in [-0.15, -0.1) is 11.3 Å². The van der Waals surface area contributed by atoms with Crippen LogP contribution in [0.2, 0.25) is 5.02 Å². The molecule has 0 saturated heterocycles. The van der Waals surface area contributed by atoms with Crippen molar-refractivity contribution in [2.24, 2.45) is 0 Å². The Labute approximate surface area is 142 Å². The molecule has 0 N–H and O–H groups in total. The van der Waals surface area contributed by atoms with E-state index in [0.29, 0.717) is 16.5 Å². The predicted molar refractivity (Wildman–Crippen MR) is 92.1 cm³/mol. The lowest BCUT2D eigenvalue weighted by atomic mass is 10.0.